The molecule has 1 saturated carbocycles. The van der Waals surface area contributed by atoms with Crippen LogP contribution in [0.1, 0.15) is 25.7 Å². The Morgan fingerprint density at radius 1 is 1.22 bits per heavy atom. The average Bonchev–Trinajstić information content (AvgIpc) is 2.52. The number of aliphatic hydroxyl groups excluding tert-OH is 1. The molecule has 2 unspecified atom stereocenters. The number of sulfonamides is 1. The van der Waals surface area contributed by atoms with Gasteiger partial charge < -0.3 is 14.9 Å². The number of aliphatic hydroxyl groups is 1. The first-order chi connectivity index (χ1) is 10.9. The van der Waals surface area contributed by atoms with E-state index in [0.29, 0.717) is 6.42 Å². The number of carbonyl (C=O) groups is 1. The van der Waals surface area contributed by atoms with Gasteiger partial charge in [0.15, 0.2) is 6.61 Å². The predicted octanol–water partition coefficient (Wildman–Crippen LogP) is 0.979. The second kappa shape index (κ2) is 7.76. The number of nitrogens with one attached hydrogen (secondary N) is 1. The van der Waals surface area contributed by atoms with Crippen LogP contribution in [0.3, 0.4) is 0 Å². The molecule has 1 aliphatic carbocycles. The highest BCUT2D eigenvalue weighted by molar-refractivity contribution is 7.89. The Morgan fingerprint density at radius 3 is 2.48 bits per heavy atom. The summed E-state index contributed by atoms with van der Waals surface area (Å²) in [5.41, 5.74) is 0. The molecule has 8 heteroatoms. The third-order valence-electron chi connectivity index (χ3n) is 3.90. The third kappa shape index (κ3) is 5.19. The first kappa shape index (κ1) is 17.7. The summed E-state index contributed by atoms with van der Waals surface area (Å²) < 4.78 is 31.9. The maximum Gasteiger partial charge on any atom is 0.341 e. The van der Waals surface area contributed by atoms with Crippen molar-refractivity contribution < 1.29 is 28.2 Å². The Morgan fingerprint density at radius 2 is 1.87 bits per heavy atom. The average molecular weight is 343 g/mol. The molecule has 1 aromatic rings. The topological polar surface area (TPSA) is 113 Å². The van der Waals surface area contributed by atoms with E-state index in [4.69, 9.17) is 9.84 Å². The van der Waals surface area contributed by atoms with Gasteiger partial charge in [-0.25, -0.2) is 17.9 Å². The Kier molecular flexibility index (Phi) is 5.97. The number of rotatable bonds is 7. The van der Waals surface area contributed by atoms with E-state index in [-0.39, 0.29) is 23.1 Å². The van der Waals surface area contributed by atoms with Crippen LogP contribution in [0.2, 0.25) is 0 Å². The summed E-state index contributed by atoms with van der Waals surface area (Å²) in [6.45, 7) is -0.273. The Labute approximate surface area is 135 Å². The first-order valence-corrected chi connectivity index (χ1v) is 8.99. The summed E-state index contributed by atoms with van der Waals surface area (Å²) in [5.74, 6) is -0.875. The Balaban J connectivity index is 1.94. The lowest BCUT2D eigenvalue weighted by atomic mass is 9.87. The van der Waals surface area contributed by atoms with Gasteiger partial charge in [0.1, 0.15) is 5.75 Å². The van der Waals surface area contributed by atoms with Crippen LogP contribution in [0.25, 0.3) is 0 Å². The van der Waals surface area contributed by atoms with E-state index in [1.165, 1.54) is 24.3 Å². The molecule has 2 rings (SSSR count). The van der Waals surface area contributed by atoms with Gasteiger partial charge >= 0.3 is 5.97 Å². The lowest BCUT2D eigenvalue weighted by molar-refractivity contribution is -0.139. The quantitative estimate of drug-likeness (QED) is 0.680. The van der Waals surface area contributed by atoms with E-state index in [0.717, 1.165) is 19.3 Å². The molecule has 0 saturated heterocycles. The normalized spacial score (nSPS) is 21.8. The maximum absolute atomic E-state index is 12.2. The molecule has 0 aromatic heterocycles. The molecular formula is C15H21NO6S. The molecule has 1 aliphatic rings. The second-order valence-corrected chi connectivity index (χ2v) is 7.38. The van der Waals surface area contributed by atoms with E-state index in [2.05, 4.69) is 4.72 Å². The lowest BCUT2D eigenvalue weighted by Gasteiger charge is -2.27. The van der Waals surface area contributed by atoms with Crippen molar-refractivity contribution in [3.63, 3.8) is 0 Å². The highest BCUT2D eigenvalue weighted by atomic mass is 32.2. The SMILES string of the molecule is O=C(O)COc1ccc(S(=O)(=O)NCC2CCCCC2O)cc1. The van der Waals surface area contributed by atoms with Gasteiger partial charge in [0.25, 0.3) is 0 Å². The standard InChI is InChI=1S/C15H21NO6S/c17-14-4-2-1-3-11(14)9-16-23(20,21)13-7-5-12(6-8-13)22-10-15(18)19/h5-8,11,14,16-17H,1-4,9-10H2,(H,18,19). The first-order valence-electron chi connectivity index (χ1n) is 7.51. The summed E-state index contributed by atoms with van der Waals surface area (Å²) in [6, 6.07) is 5.54. The van der Waals surface area contributed by atoms with Gasteiger partial charge in [-0.2, -0.15) is 0 Å². The van der Waals surface area contributed by atoms with Gasteiger partial charge in [0, 0.05) is 6.54 Å². The van der Waals surface area contributed by atoms with Crippen LogP contribution in [-0.4, -0.2) is 43.9 Å². The van der Waals surface area contributed by atoms with Crippen molar-refractivity contribution >= 4 is 16.0 Å². The molecule has 7 nitrogen and oxygen atoms in total. The third-order valence-corrected chi connectivity index (χ3v) is 5.34. The minimum atomic E-state index is -3.66. The van der Waals surface area contributed by atoms with Crippen molar-refractivity contribution in [1.29, 1.82) is 0 Å². The summed E-state index contributed by atoms with van der Waals surface area (Å²) in [7, 11) is -3.66. The molecule has 0 amide bonds. The van der Waals surface area contributed by atoms with E-state index < -0.39 is 28.7 Å². The zero-order valence-corrected chi connectivity index (χ0v) is 13.5. The molecule has 1 fully saturated rings. The summed E-state index contributed by atoms with van der Waals surface area (Å²) in [4.78, 5) is 10.5. The zero-order valence-electron chi connectivity index (χ0n) is 12.6. The summed E-state index contributed by atoms with van der Waals surface area (Å²) >= 11 is 0. The number of carboxylic acids is 1. The van der Waals surface area contributed by atoms with E-state index in [1.807, 2.05) is 0 Å². The summed E-state index contributed by atoms with van der Waals surface area (Å²) in [6.07, 6.45) is 3.04. The van der Waals surface area contributed by atoms with Gasteiger partial charge in [-0.1, -0.05) is 12.8 Å². The van der Waals surface area contributed by atoms with Crippen LogP contribution in [0.5, 0.6) is 5.75 Å². The van der Waals surface area contributed by atoms with Gasteiger partial charge in [0.05, 0.1) is 11.0 Å². The van der Waals surface area contributed by atoms with Crippen molar-refractivity contribution in [1.82, 2.24) is 4.72 Å². The molecule has 1 aromatic carbocycles. The fourth-order valence-electron chi connectivity index (χ4n) is 2.59. The lowest BCUT2D eigenvalue weighted by Crippen LogP contribution is -2.36. The monoisotopic (exact) mass is 343 g/mol. The smallest absolute Gasteiger partial charge is 0.341 e. The van der Waals surface area contributed by atoms with Crippen LogP contribution < -0.4 is 9.46 Å². The minimum absolute atomic E-state index is 0.0586. The van der Waals surface area contributed by atoms with Gasteiger partial charge in [-0.15, -0.1) is 0 Å². The van der Waals surface area contributed by atoms with Crippen molar-refractivity contribution in [2.45, 2.75) is 36.7 Å². The highest BCUT2D eigenvalue weighted by Gasteiger charge is 2.25. The van der Waals surface area contributed by atoms with Gasteiger partial charge in [-0.3, -0.25) is 0 Å². The van der Waals surface area contributed by atoms with Crippen molar-refractivity contribution in [2.75, 3.05) is 13.2 Å². The van der Waals surface area contributed by atoms with Crippen LogP contribution >= 0.6 is 0 Å². The molecule has 0 heterocycles. The van der Waals surface area contributed by atoms with Crippen LogP contribution in [0.15, 0.2) is 29.2 Å². The van der Waals surface area contributed by atoms with Gasteiger partial charge in [0.2, 0.25) is 10.0 Å². The number of hydrogen-bond acceptors (Lipinski definition) is 5. The summed E-state index contributed by atoms with van der Waals surface area (Å²) in [5, 5.41) is 18.4. The van der Waals surface area contributed by atoms with E-state index in [9.17, 15) is 18.3 Å². The highest BCUT2D eigenvalue weighted by Crippen LogP contribution is 2.24. The molecule has 3 N–H and O–H groups in total. The number of aliphatic carboxylic acids is 1. The van der Waals surface area contributed by atoms with E-state index in [1.54, 1.807) is 0 Å². The molecule has 23 heavy (non-hydrogen) atoms. The maximum atomic E-state index is 12.2. The molecule has 128 valence electrons. The molecule has 2 atom stereocenters. The van der Waals surface area contributed by atoms with Gasteiger partial charge in [-0.05, 0) is 43.0 Å². The molecular weight excluding hydrogens is 322 g/mol. The predicted molar refractivity (Wildman–Crippen MR) is 82.7 cm³/mol. The number of carboxylic acid groups (broad SMARTS) is 1. The van der Waals surface area contributed by atoms with Crippen molar-refractivity contribution in [3.8, 4) is 5.75 Å². The van der Waals surface area contributed by atoms with Crippen LogP contribution in [0, 0.1) is 5.92 Å². The Hall–Kier alpha value is -1.64. The minimum Gasteiger partial charge on any atom is -0.482 e. The molecule has 0 spiro atoms. The zero-order chi connectivity index (χ0) is 16.9. The van der Waals surface area contributed by atoms with Crippen molar-refractivity contribution in [3.05, 3.63) is 24.3 Å². The fraction of sp³-hybridized carbons (Fsp3) is 0.533. The largest absolute Gasteiger partial charge is 0.482 e. The van der Waals surface area contributed by atoms with Crippen LogP contribution in [-0.2, 0) is 14.8 Å². The number of hydrogen-bond donors (Lipinski definition) is 3. The number of ether oxygens (including phenoxy) is 1. The molecule has 0 radical (unpaired) electrons. The van der Waals surface area contributed by atoms with Crippen molar-refractivity contribution in [2.24, 2.45) is 5.92 Å². The fourth-order valence-corrected chi connectivity index (χ4v) is 3.68. The Bertz CT molecular complexity index is 628. The molecule has 0 aliphatic heterocycles. The van der Waals surface area contributed by atoms with E-state index >= 15 is 0 Å². The second-order valence-electron chi connectivity index (χ2n) is 5.62. The molecule has 0 bridgehead atoms. The number of benzene rings is 1. The van der Waals surface area contributed by atoms with Crippen LogP contribution in [0.4, 0.5) is 0 Å².